The molecule has 4 nitrogen and oxygen atoms in total. The lowest BCUT2D eigenvalue weighted by Crippen LogP contribution is -2.33. The average Bonchev–Trinajstić information content (AvgIpc) is 2.34. The van der Waals surface area contributed by atoms with Crippen LogP contribution >= 0.6 is 0 Å². The molecule has 0 saturated heterocycles. The van der Waals surface area contributed by atoms with Gasteiger partial charge in [0.05, 0.1) is 0 Å². The average molecular weight is 292 g/mol. The summed E-state index contributed by atoms with van der Waals surface area (Å²) in [6.45, 7) is 12.2. The van der Waals surface area contributed by atoms with Gasteiger partial charge in [0.1, 0.15) is 5.60 Å². The van der Waals surface area contributed by atoms with Crippen LogP contribution in [0.3, 0.4) is 0 Å². The molecular formula is C17H28N2O2. The van der Waals surface area contributed by atoms with E-state index in [2.05, 4.69) is 42.7 Å². The minimum absolute atomic E-state index is 0.350. The third-order valence-corrected chi connectivity index (χ3v) is 3.14. The molecule has 0 atom stereocenters. The van der Waals surface area contributed by atoms with Crippen molar-refractivity contribution in [1.29, 1.82) is 0 Å². The van der Waals surface area contributed by atoms with Crippen LogP contribution in [-0.4, -0.2) is 24.8 Å². The van der Waals surface area contributed by atoms with Crippen molar-refractivity contribution in [1.82, 2.24) is 10.6 Å². The van der Waals surface area contributed by atoms with Crippen LogP contribution < -0.4 is 10.6 Å². The van der Waals surface area contributed by atoms with Crippen LogP contribution in [0.4, 0.5) is 4.79 Å². The SMILES string of the molecule is Cc1cccc(C)c1CNCCCNC(=O)OC(C)(C)C. The molecule has 0 spiro atoms. The number of hydrogen-bond donors (Lipinski definition) is 2. The van der Waals surface area contributed by atoms with Crippen molar-refractivity contribution in [2.45, 2.75) is 53.2 Å². The molecule has 1 amide bonds. The molecule has 1 aromatic carbocycles. The van der Waals surface area contributed by atoms with Crippen LogP contribution in [0, 0.1) is 13.8 Å². The maximum atomic E-state index is 11.4. The highest BCUT2D eigenvalue weighted by atomic mass is 16.6. The van der Waals surface area contributed by atoms with Gasteiger partial charge in [-0.3, -0.25) is 0 Å². The zero-order chi connectivity index (χ0) is 15.9. The van der Waals surface area contributed by atoms with E-state index in [0.29, 0.717) is 6.54 Å². The van der Waals surface area contributed by atoms with E-state index in [0.717, 1.165) is 19.5 Å². The molecule has 1 aromatic rings. The topological polar surface area (TPSA) is 50.4 Å². The fourth-order valence-corrected chi connectivity index (χ4v) is 2.06. The number of hydrogen-bond acceptors (Lipinski definition) is 3. The molecule has 0 radical (unpaired) electrons. The van der Waals surface area contributed by atoms with Crippen LogP contribution in [0.1, 0.15) is 43.9 Å². The van der Waals surface area contributed by atoms with E-state index in [-0.39, 0.29) is 6.09 Å². The number of amides is 1. The molecule has 0 aromatic heterocycles. The lowest BCUT2D eigenvalue weighted by atomic mass is 10.0. The second-order valence-electron chi connectivity index (χ2n) is 6.33. The van der Waals surface area contributed by atoms with Crippen LogP contribution in [0.2, 0.25) is 0 Å². The van der Waals surface area contributed by atoms with Gasteiger partial charge < -0.3 is 15.4 Å². The van der Waals surface area contributed by atoms with Crippen molar-refractivity contribution < 1.29 is 9.53 Å². The van der Waals surface area contributed by atoms with Gasteiger partial charge in [0, 0.05) is 13.1 Å². The summed E-state index contributed by atoms with van der Waals surface area (Å²) < 4.78 is 5.17. The first kappa shape index (κ1) is 17.5. The van der Waals surface area contributed by atoms with E-state index < -0.39 is 5.60 Å². The Kier molecular flexibility index (Phi) is 6.69. The van der Waals surface area contributed by atoms with Gasteiger partial charge >= 0.3 is 6.09 Å². The van der Waals surface area contributed by atoms with Gasteiger partial charge in [-0.2, -0.15) is 0 Å². The Morgan fingerprint density at radius 2 is 1.76 bits per heavy atom. The normalized spacial score (nSPS) is 11.3. The van der Waals surface area contributed by atoms with Crippen molar-refractivity contribution in [3.63, 3.8) is 0 Å². The first-order chi connectivity index (χ1) is 9.79. The first-order valence-corrected chi connectivity index (χ1v) is 7.52. The third kappa shape index (κ3) is 7.14. The van der Waals surface area contributed by atoms with Crippen LogP contribution in [0.25, 0.3) is 0 Å². The van der Waals surface area contributed by atoms with E-state index in [1.54, 1.807) is 0 Å². The van der Waals surface area contributed by atoms with Gasteiger partial charge in [-0.1, -0.05) is 18.2 Å². The molecule has 118 valence electrons. The number of carbonyl (C=O) groups excluding carboxylic acids is 1. The third-order valence-electron chi connectivity index (χ3n) is 3.14. The van der Waals surface area contributed by atoms with Crippen molar-refractivity contribution in [2.75, 3.05) is 13.1 Å². The van der Waals surface area contributed by atoms with Gasteiger partial charge in [-0.05, 0) is 64.3 Å². The summed E-state index contributed by atoms with van der Waals surface area (Å²) >= 11 is 0. The fourth-order valence-electron chi connectivity index (χ4n) is 2.06. The van der Waals surface area contributed by atoms with Crippen LogP contribution in [-0.2, 0) is 11.3 Å². The van der Waals surface area contributed by atoms with Crippen molar-refractivity contribution in [3.8, 4) is 0 Å². The highest BCUT2D eigenvalue weighted by Crippen LogP contribution is 2.12. The second kappa shape index (κ2) is 8.03. The first-order valence-electron chi connectivity index (χ1n) is 7.52. The highest BCUT2D eigenvalue weighted by molar-refractivity contribution is 5.67. The number of aryl methyl sites for hydroxylation is 2. The number of ether oxygens (including phenoxy) is 1. The van der Waals surface area contributed by atoms with E-state index in [1.807, 2.05) is 20.8 Å². The maximum absolute atomic E-state index is 11.4. The van der Waals surface area contributed by atoms with Crippen molar-refractivity contribution in [2.24, 2.45) is 0 Å². The Labute approximate surface area is 128 Å². The summed E-state index contributed by atoms with van der Waals surface area (Å²) in [5.74, 6) is 0. The highest BCUT2D eigenvalue weighted by Gasteiger charge is 2.15. The molecule has 0 bridgehead atoms. The van der Waals surface area contributed by atoms with Gasteiger partial charge in [-0.15, -0.1) is 0 Å². The molecule has 2 N–H and O–H groups in total. The molecule has 1 rings (SSSR count). The van der Waals surface area contributed by atoms with E-state index >= 15 is 0 Å². The lowest BCUT2D eigenvalue weighted by molar-refractivity contribution is 0.0527. The molecule has 21 heavy (non-hydrogen) atoms. The molecule has 0 aliphatic heterocycles. The monoisotopic (exact) mass is 292 g/mol. The fraction of sp³-hybridized carbons (Fsp3) is 0.588. The molecule has 0 aliphatic carbocycles. The molecule has 0 unspecified atom stereocenters. The zero-order valence-corrected chi connectivity index (χ0v) is 13.9. The molecular weight excluding hydrogens is 264 g/mol. The molecule has 4 heteroatoms. The Bertz CT molecular complexity index is 444. The Hall–Kier alpha value is -1.55. The number of benzene rings is 1. The largest absolute Gasteiger partial charge is 0.444 e. The number of nitrogens with one attached hydrogen (secondary N) is 2. The lowest BCUT2D eigenvalue weighted by Gasteiger charge is -2.19. The van der Waals surface area contributed by atoms with E-state index in [1.165, 1.54) is 16.7 Å². The second-order valence-corrected chi connectivity index (χ2v) is 6.33. The predicted molar refractivity (Wildman–Crippen MR) is 86.5 cm³/mol. The van der Waals surface area contributed by atoms with Crippen LogP contribution in [0.5, 0.6) is 0 Å². The zero-order valence-electron chi connectivity index (χ0n) is 13.9. The summed E-state index contributed by atoms with van der Waals surface area (Å²) in [5.41, 5.74) is 3.55. The smallest absolute Gasteiger partial charge is 0.407 e. The number of alkyl carbamates (subject to hydrolysis) is 1. The summed E-state index contributed by atoms with van der Waals surface area (Å²) in [4.78, 5) is 11.4. The van der Waals surface area contributed by atoms with E-state index in [9.17, 15) is 4.79 Å². The predicted octanol–water partition coefficient (Wildman–Crippen LogP) is 3.31. The Morgan fingerprint density at radius 1 is 1.14 bits per heavy atom. The summed E-state index contributed by atoms with van der Waals surface area (Å²) in [6.07, 6.45) is 0.529. The minimum atomic E-state index is -0.440. The molecule has 0 aliphatic rings. The van der Waals surface area contributed by atoms with Gasteiger partial charge in [0.2, 0.25) is 0 Å². The summed E-state index contributed by atoms with van der Waals surface area (Å²) in [7, 11) is 0. The van der Waals surface area contributed by atoms with Crippen molar-refractivity contribution in [3.05, 3.63) is 34.9 Å². The molecule has 0 saturated carbocycles. The Morgan fingerprint density at radius 3 is 2.33 bits per heavy atom. The molecule has 0 fully saturated rings. The standard InChI is InChI=1S/C17H28N2O2/c1-13-8-6-9-14(2)15(13)12-18-10-7-11-19-16(20)21-17(3,4)5/h6,8-9,18H,7,10-12H2,1-5H3,(H,19,20). The summed E-state index contributed by atoms with van der Waals surface area (Å²) in [5, 5.41) is 6.17. The van der Waals surface area contributed by atoms with Crippen LogP contribution in [0.15, 0.2) is 18.2 Å². The van der Waals surface area contributed by atoms with Gasteiger partial charge in [0.15, 0.2) is 0 Å². The molecule has 0 heterocycles. The van der Waals surface area contributed by atoms with Gasteiger partial charge in [0.25, 0.3) is 0 Å². The van der Waals surface area contributed by atoms with E-state index in [4.69, 9.17) is 4.74 Å². The van der Waals surface area contributed by atoms with Crippen molar-refractivity contribution >= 4 is 6.09 Å². The minimum Gasteiger partial charge on any atom is -0.444 e. The van der Waals surface area contributed by atoms with Gasteiger partial charge in [-0.25, -0.2) is 4.79 Å². The Balaban J connectivity index is 2.17. The number of carbonyl (C=O) groups is 1. The number of rotatable bonds is 6. The quantitative estimate of drug-likeness (QED) is 0.791. The maximum Gasteiger partial charge on any atom is 0.407 e. The summed E-state index contributed by atoms with van der Waals surface area (Å²) in [6, 6.07) is 6.35.